The molecular weight excluding hydrogens is 1190 g/mol. The molecule has 93 heavy (non-hydrogen) atoms. The van der Waals surface area contributed by atoms with Crippen LogP contribution in [-0.2, 0) is 33.2 Å². The molecule has 19 heteroatoms. The Labute approximate surface area is 563 Å². The highest BCUT2D eigenvalue weighted by atomic mass is 16.8. The standard InChI is InChI=1S/C74H141NO18/c1-3-5-7-9-11-13-15-17-19-21-23-25-26-27-28-29-30-31-32-33-35-37-39-41-43-45-47-49-51-58(79)57(75-62(80)52-50-48-46-44-42-40-38-36-34-24-22-20-18-16-14-12-10-8-6-4-2)56-88-72-68(86)65(83)70(60(54-77)90-72)93-74-69(87)66(84)71(61(55-78)91-74)92-73-67(85)64(82)63(81)59(53-76)89-73/h49,51,57-61,63-74,76-79,81-87H,3-48,50,52-56H2,1-2H3,(H,75,80)/b51-49+. The zero-order valence-corrected chi connectivity index (χ0v) is 58.5. The van der Waals surface area contributed by atoms with Crippen LogP contribution in [0.15, 0.2) is 12.2 Å². The molecule has 0 aromatic carbocycles. The van der Waals surface area contributed by atoms with Crippen molar-refractivity contribution in [2.75, 3.05) is 26.4 Å². The van der Waals surface area contributed by atoms with Crippen LogP contribution < -0.4 is 5.32 Å². The summed E-state index contributed by atoms with van der Waals surface area (Å²) in [5.41, 5.74) is 0. The smallest absolute Gasteiger partial charge is 0.220 e. The van der Waals surface area contributed by atoms with E-state index in [0.717, 1.165) is 44.9 Å². The quantitative estimate of drug-likeness (QED) is 0.0199. The Balaban J connectivity index is 1.40. The van der Waals surface area contributed by atoms with Gasteiger partial charge in [0, 0.05) is 6.42 Å². The third-order valence-electron chi connectivity index (χ3n) is 19.6. The number of hydrogen-bond acceptors (Lipinski definition) is 18. The molecule has 0 radical (unpaired) electrons. The molecule has 0 aromatic rings. The van der Waals surface area contributed by atoms with Crippen LogP contribution in [0.25, 0.3) is 0 Å². The highest BCUT2D eigenvalue weighted by molar-refractivity contribution is 5.76. The van der Waals surface area contributed by atoms with Crippen LogP contribution in [-0.4, -0.2) is 193 Å². The molecule has 17 unspecified atom stereocenters. The van der Waals surface area contributed by atoms with E-state index >= 15 is 0 Å². The van der Waals surface area contributed by atoms with Gasteiger partial charge in [-0.2, -0.15) is 0 Å². The number of carbonyl (C=O) groups excluding carboxylic acids is 1. The van der Waals surface area contributed by atoms with E-state index in [2.05, 4.69) is 19.2 Å². The molecule has 0 spiro atoms. The van der Waals surface area contributed by atoms with E-state index in [1.807, 2.05) is 6.08 Å². The van der Waals surface area contributed by atoms with Crippen LogP contribution in [0.5, 0.6) is 0 Å². The second-order valence-corrected chi connectivity index (χ2v) is 27.8. The summed E-state index contributed by atoms with van der Waals surface area (Å²) < 4.78 is 34.4. The fraction of sp³-hybridized carbons (Fsp3) is 0.959. The number of nitrogens with one attached hydrogen (secondary N) is 1. The average molecular weight is 1330 g/mol. The predicted octanol–water partition coefficient (Wildman–Crippen LogP) is 11.6. The SMILES string of the molecule is CCCCCCCCCCCCCCCCCCCCCCCCCCCC/C=C/C(O)C(COC1OC(CO)C(OC2OC(CO)C(OC3OC(CO)C(O)C(O)C3O)C(O)C2O)C(O)C1O)NC(=O)CCCCCCCCCCCCCCCCCCCCCC. The first-order valence-electron chi connectivity index (χ1n) is 38.4. The van der Waals surface area contributed by atoms with Crippen molar-refractivity contribution in [3.05, 3.63) is 12.2 Å². The van der Waals surface area contributed by atoms with E-state index < -0.39 is 124 Å². The predicted molar refractivity (Wildman–Crippen MR) is 365 cm³/mol. The van der Waals surface area contributed by atoms with Gasteiger partial charge in [-0.05, 0) is 19.3 Å². The van der Waals surface area contributed by atoms with E-state index in [1.54, 1.807) is 6.08 Å². The normalized spacial score (nSPS) is 27.5. The van der Waals surface area contributed by atoms with Crippen LogP contribution in [0, 0.1) is 0 Å². The molecule has 12 N–H and O–H groups in total. The van der Waals surface area contributed by atoms with Gasteiger partial charge in [-0.1, -0.05) is 309 Å². The van der Waals surface area contributed by atoms with Gasteiger partial charge in [0.05, 0.1) is 38.6 Å². The van der Waals surface area contributed by atoms with Gasteiger partial charge in [0.2, 0.25) is 5.91 Å². The Morgan fingerprint density at radius 1 is 0.376 bits per heavy atom. The van der Waals surface area contributed by atoms with Crippen LogP contribution in [0.1, 0.15) is 322 Å². The minimum Gasteiger partial charge on any atom is -0.394 e. The fourth-order valence-electron chi connectivity index (χ4n) is 13.4. The lowest BCUT2D eigenvalue weighted by Gasteiger charge is -2.48. The largest absolute Gasteiger partial charge is 0.394 e. The van der Waals surface area contributed by atoms with E-state index in [-0.39, 0.29) is 18.9 Å². The lowest BCUT2D eigenvalue weighted by Crippen LogP contribution is -2.66. The second kappa shape index (κ2) is 56.3. The molecular formula is C74H141NO18. The van der Waals surface area contributed by atoms with Crippen LogP contribution in [0.2, 0.25) is 0 Å². The van der Waals surface area contributed by atoms with Crippen molar-refractivity contribution < 1.29 is 89.4 Å². The number of unbranched alkanes of at least 4 members (excludes halogenated alkanes) is 45. The number of aliphatic hydroxyl groups excluding tert-OH is 11. The third-order valence-corrected chi connectivity index (χ3v) is 19.6. The zero-order chi connectivity index (χ0) is 67.5. The Morgan fingerprint density at radius 2 is 0.667 bits per heavy atom. The van der Waals surface area contributed by atoms with Gasteiger partial charge < -0.3 is 89.9 Å². The summed E-state index contributed by atoms with van der Waals surface area (Å²) in [5.74, 6) is -0.268. The van der Waals surface area contributed by atoms with Crippen molar-refractivity contribution in [2.45, 2.75) is 426 Å². The van der Waals surface area contributed by atoms with Gasteiger partial charge >= 0.3 is 0 Å². The number of aliphatic hydroxyl groups is 11. The number of carbonyl (C=O) groups is 1. The zero-order valence-electron chi connectivity index (χ0n) is 58.5. The second-order valence-electron chi connectivity index (χ2n) is 27.8. The lowest BCUT2D eigenvalue weighted by atomic mass is 9.96. The fourth-order valence-corrected chi connectivity index (χ4v) is 13.4. The topological polar surface area (TPSA) is 307 Å². The summed E-state index contributed by atoms with van der Waals surface area (Å²) in [4.78, 5) is 13.4. The van der Waals surface area contributed by atoms with E-state index in [1.165, 1.54) is 250 Å². The van der Waals surface area contributed by atoms with Crippen molar-refractivity contribution in [3.8, 4) is 0 Å². The number of ether oxygens (including phenoxy) is 6. The molecule has 0 aromatic heterocycles. The number of hydrogen-bond donors (Lipinski definition) is 12. The van der Waals surface area contributed by atoms with Gasteiger partial charge in [0.1, 0.15) is 73.2 Å². The Morgan fingerprint density at radius 3 is 1.01 bits per heavy atom. The van der Waals surface area contributed by atoms with Gasteiger partial charge in [0.25, 0.3) is 0 Å². The molecule has 1 amide bonds. The molecule has 3 aliphatic heterocycles. The van der Waals surface area contributed by atoms with Gasteiger partial charge in [-0.3, -0.25) is 4.79 Å². The minimum absolute atomic E-state index is 0.250. The van der Waals surface area contributed by atoms with Gasteiger partial charge in [0.15, 0.2) is 18.9 Å². The third kappa shape index (κ3) is 37.5. The molecule has 0 aliphatic carbocycles. The summed E-state index contributed by atoms with van der Waals surface area (Å²) in [5, 5.41) is 121. The summed E-state index contributed by atoms with van der Waals surface area (Å²) in [7, 11) is 0. The monoisotopic (exact) mass is 1330 g/mol. The van der Waals surface area contributed by atoms with Crippen molar-refractivity contribution in [1.82, 2.24) is 5.32 Å². The first-order chi connectivity index (χ1) is 45.3. The Bertz CT molecular complexity index is 1730. The van der Waals surface area contributed by atoms with Crippen molar-refractivity contribution >= 4 is 5.91 Å². The molecule has 3 aliphatic rings. The summed E-state index contributed by atoms with van der Waals surface area (Å²) in [6.07, 6.45) is 37.6. The van der Waals surface area contributed by atoms with E-state index in [9.17, 15) is 61.0 Å². The molecule has 3 saturated heterocycles. The molecule has 3 fully saturated rings. The van der Waals surface area contributed by atoms with Crippen LogP contribution >= 0.6 is 0 Å². The Kier molecular flexibility index (Phi) is 51.9. The number of rotatable bonds is 61. The van der Waals surface area contributed by atoms with Crippen LogP contribution in [0.4, 0.5) is 0 Å². The highest BCUT2D eigenvalue weighted by Crippen LogP contribution is 2.33. The van der Waals surface area contributed by atoms with Crippen molar-refractivity contribution in [3.63, 3.8) is 0 Å². The Hall–Kier alpha value is -1.47. The summed E-state index contributed by atoms with van der Waals surface area (Å²) in [6.45, 7) is 1.79. The maximum absolute atomic E-state index is 13.4. The van der Waals surface area contributed by atoms with E-state index in [0.29, 0.717) is 6.42 Å². The first kappa shape index (κ1) is 85.8. The highest BCUT2D eigenvalue weighted by Gasteiger charge is 2.53. The first-order valence-corrected chi connectivity index (χ1v) is 38.4. The molecule has 3 rings (SSSR count). The number of amides is 1. The molecule has 0 bridgehead atoms. The molecule has 550 valence electrons. The molecule has 19 nitrogen and oxygen atoms in total. The molecule has 3 heterocycles. The maximum atomic E-state index is 13.4. The van der Waals surface area contributed by atoms with Gasteiger partial charge in [-0.15, -0.1) is 0 Å². The summed E-state index contributed by atoms with van der Waals surface area (Å²) in [6, 6.07) is -0.969. The maximum Gasteiger partial charge on any atom is 0.220 e. The average Bonchev–Trinajstić information content (AvgIpc) is 1.01. The molecule has 0 saturated carbocycles. The molecule has 17 atom stereocenters. The summed E-state index contributed by atoms with van der Waals surface area (Å²) >= 11 is 0. The van der Waals surface area contributed by atoms with Crippen molar-refractivity contribution in [2.24, 2.45) is 0 Å². The minimum atomic E-state index is -1.98. The number of allylic oxidation sites excluding steroid dienone is 1. The lowest BCUT2D eigenvalue weighted by molar-refractivity contribution is -0.379. The van der Waals surface area contributed by atoms with Gasteiger partial charge in [-0.25, -0.2) is 0 Å². The van der Waals surface area contributed by atoms with E-state index in [4.69, 9.17) is 28.4 Å². The van der Waals surface area contributed by atoms with Crippen LogP contribution in [0.3, 0.4) is 0 Å². The van der Waals surface area contributed by atoms with Crippen molar-refractivity contribution in [1.29, 1.82) is 0 Å².